The van der Waals surface area contributed by atoms with Gasteiger partial charge in [-0.3, -0.25) is 14.9 Å². The molecule has 1 aliphatic heterocycles. The number of amides is 2. The number of hydrogen-bond acceptors (Lipinski definition) is 6. The molecule has 0 radical (unpaired) electrons. The summed E-state index contributed by atoms with van der Waals surface area (Å²) in [6.45, 7) is 6.73. The Morgan fingerprint density at radius 2 is 1.94 bits per heavy atom. The SMILES string of the molecule is CC(C)(C)OC(=O)N(CCCCNC(=O)c1cccc([N+](=O)[O-])c1)CC1Cc2ccccc2O1. The second kappa shape index (κ2) is 11.0. The molecule has 0 fully saturated rings. The van der Waals surface area contributed by atoms with Crippen molar-refractivity contribution in [3.05, 3.63) is 69.8 Å². The number of fused-ring (bicyclic) bond motifs is 1. The Kier molecular flexibility index (Phi) is 8.09. The summed E-state index contributed by atoms with van der Waals surface area (Å²) in [5, 5.41) is 13.7. The number of benzene rings is 2. The molecule has 34 heavy (non-hydrogen) atoms. The van der Waals surface area contributed by atoms with E-state index in [-0.39, 0.29) is 23.3 Å². The Balaban J connectivity index is 1.50. The topological polar surface area (TPSA) is 111 Å². The van der Waals surface area contributed by atoms with Gasteiger partial charge in [-0.05, 0) is 51.3 Å². The van der Waals surface area contributed by atoms with Crippen molar-refractivity contribution >= 4 is 17.7 Å². The van der Waals surface area contributed by atoms with Crippen LogP contribution in [0.15, 0.2) is 48.5 Å². The average molecular weight is 470 g/mol. The van der Waals surface area contributed by atoms with E-state index < -0.39 is 16.6 Å². The number of unbranched alkanes of at least 4 members (excludes halogenated alkanes) is 1. The van der Waals surface area contributed by atoms with E-state index in [1.807, 2.05) is 45.0 Å². The number of carbonyl (C=O) groups excluding carboxylic acids is 2. The molecule has 182 valence electrons. The van der Waals surface area contributed by atoms with Crippen molar-refractivity contribution < 1.29 is 24.0 Å². The molecule has 9 nitrogen and oxygen atoms in total. The van der Waals surface area contributed by atoms with Gasteiger partial charge in [-0.1, -0.05) is 24.3 Å². The molecule has 0 saturated heterocycles. The quantitative estimate of drug-likeness (QED) is 0.332. The van der Waals surface area contributed by atoms with Gasteiger partial charge in [0.2, 0.25) is 0 Å². The molecule has 0 saturated carbocycles. The van der Waals surface area contributed by atoms with E-state index in [0.717, 1.165) is 17.7 Å². The van der Waals surface area contributed by atoms with Gasteiger partial charge in [0, 0.05) is 37.2 Å². The second-order valence-corrected chi connectivity index (χ2v) is 9.25. The Hall–Kier alpha value is -3.62. The first-order valence-corrected chi connectivity index (χ1v) is 11.4. The van der Waals surface area contributed by atoms with Gasteiger partial charge in [0.1, 0.15) is 17.5 Å². The maximum absolute atomic E-state index is 12.8. The molecular weight excluding hydrogens is 438 g/mol. The predicted octanol–water partition coefficient (Wildman–Crippen LogP) is 4.35. The summed E-state index contributed by atoms with van der Waals surface area (Å²) < 4.78 is 11.6. The number of carbonyl (C=O) groups is 2. The van der Waals surface area contributed by atoms with Gasteiger partial charge < -0.3 is 19.7 Å². The van der Waals surface area contributed by atoms with E-state index in [0.29, 0.717) is 32.5 Å². The molecule has 3 rings (SSSR count). The van der Waals surface area contributed by atoms with Gasteiger partial charge >= 0.3 is 6.09 Å². The van der Waals surface area contributed by atoms with E-state index in [2.05, 4.69) is 5.32 Å². The maximum Gasteiger partial charge on any atom is 0.410 e. The fourth-order valence-electron chi connectivity index (χ4n) is 3.68. The predicted molar refractivity (Wildman–Crippen MR) is 127 cm³/mol. The smallest absolute Gasteiger partial charge is 0.410 e. The van der Waals surface area contributed by atoms with E-state index in [4.69, 9.17) is 9.47 Å². The summed E-state index contributed by atoms with van der Waals surface area (Å²) in [5.41, 5.74) is 0.626. The fraction of sp³-hybridized carbons (Fsp3) is 0.440. The van der Waals surface area contributed by atoms with Gasteiger partial charge in [0.05, 0.1) is 11.5 Å². The zero-order chi connectivity index (χ0) is 24.7. The molecule has 0 spiro atoms. The molecule has 2 aromatic rings. The number of nitrogens with one attached hydrogen (secondary N) is 1. The molecule has 0 bridgehead atoms. The third-order valence-corrected chi connectivity index (χ3v) is 5.25. The number of rotatable bonds is 9. The first-order chi connectivity index (χ1) is 16.1. The maximum atomic E-state index is 12.8. The van der Waals surface area contributed by atoms with Crippen molar-refractivity contribution in [3.8, 4) is 5.75 Å². The highest BCUT2D eigenvalue weighted by molar-refractivity contribution is 5.94. The molecule has 2 aromatic carbocycles. The van der Waals surface area contributed by atoms with Gasteiger partial charge in [-0.15, -0.1) is 0 Å². The van der Waals surface area contributed by atoms with Crippen LogP contribution in [-0.4, -0.2) is 53.2 Å². The van der Waals surface area contributed by atoms with Crippen molar-refractivity contribution in [3.63, 3.8) is 0 Å². The van der Waals surface area contributed by atoms with Crippen molar-refractivity contribution in [2.24, 2.45) is 0 Å². The largest absolute Gasteiger partial charge is 0.488 e. The first-order valence-electron chi connectivity index (χ1n) is 11.4. The lowest BCUT2D eigenvalue weighted by atomic mass is 10.1. The summed E-state index contributed by atoms with van der Waals surface area (Å²) >= 11 is 0. The first kappa shape index (κ1) is 25.0. The van der Waals surface area contributed by atoms with Crippen LogP contribution in [-0.2, 0) is 11.2 Å². The lowest BCUT2D eigenvalue weighted by Gasteiger charge is -2.29. The molecule has 1 heterocycles. The van der Waals surface area contributed by atoms with E-state index in [1.165, 1.54) is 24.3 Å². The minimum Gasteiger partial charge on any atom is -0.488 e. The van der Waals surface area contributed by atoms with E-state index >= 15 is 0 Å². The van der Waals surface area contributed by atoms with Crippen LogP contribution in [0.2, 0.25) is 0 Å². The zero-order valence-corrected chi connectivity index (χ0v) is 19.8. The fourth-order valence-corrected chi connectivity index (χ4v) is 3.68. The second-order valence-electron chi connectivity index (χ2n) is 9.25. The number of nitro benzene ring substituents is 1. The lowest BCUT2D eigenvalue weighted by Crippen LogP contribution is -2.43. The Bertz CT molecular complexity index is 1010. The number of para-hydroxylation sites is 1. The van der Waals surface area contributed by atoms with Crippen LogP contribution in [0.5, 0.6) is 5.75 Å². The van der Waals surface area contributed by atoms with Crippen molar-refractivity contribution in [2.75, 3.05) is 19.6 Å². The summed E-state index contributed by atoms with van der Waals surface area (Å²) in [7, 11) is 0. The summed E-state index contributed by atoms with van der Waals surface area (Å²) in [5.74, 6) is 0.477. The van der Waals surface area contributed by atoms with Gasteiger partial charge in [-0.2, -0.15) is 0 Å². The van der Waals surface area contributed by atoms with E-state index in [1.54, 1.807) is 4.90 Å². The molecule has 1 N–H and O–H groups in total. The minimum absolute atomic E-state index is 0.128. The molecule has 1 unspecified atom stereocenters. The minimum atomic E-state index is -0.610. The Morgan fingerprint density at radius 1 is 1.18 bits per heavy atom. The third kappa shape index (κ3) is 7.19. The number of hydrogen-bond donors (Lipinski definition) is 1. The molecule has 0 aromatic heterocycles. The summed E-state index contributed by atoms with van der Waals surface area (Å²) in [6, 6.07) is 13.5. The van der Waals surface area contributed by atoms with Crippen molar-refractivity contribution in [1.82, 2.24) is 10.2 Å². The van der Waals surface area contributed by atoms with Crippen LogP contribution < -0.4 is 10.1 Å². The van der Waals surface area contributed by atoms with Gasteiger partial charge in [-0.25, -0.2) is 4.79 Å². The highest BCUT2D eigenvalue weighted by atomic mass is 16.6. The van der Waals surface area contributed by atoms with E-state index in [9.17, 15) is 19.7 Å². The molecule has 0 aliphatic carbocycles. The number of ether oxygens (including phenoxy) is 2. The van der Waals surface area contributed by atoms with Gasteiger partial charge in [0.15, 0.2) is 0 Å². The third-order valence-electron chi connectivity index (χ3n) is 5.25. The monoisotopic (exact) mass is 469 g/mol. The van der Waals surface area contributed by atoms with Crippen LogP contribution in [0.1, 0.15) is 49.5 Å². The summed E-state index contributed by atoms with van der Waals surface area (Å²) in [4.78, 5) is 37.1. The van der Waals surface area contributed by atoms with Crippen LogP contribution in [0, 0.1) is 10.1 Å². The highest BCUT2D eigenvalue weighted by Crippen LogP contribution is 2.28. The normalized spacial score (nSPS) is 14.6. The molecular formula is C25H31N3O6. The number of non-ortho nitro benzene ring substituents is 1. The molecule has 1 atom stereocenters. The standard InChI is InChI=1S/C25H31N3O6/c1-25(2,3)34-24(30)27(17-21-16-18-9-4-5-12-22(18)33-21)14-7-6-13-26-23(29)19-10-8-11-20(15-19)28(31)32/h4-5,8-12,15,21H,6-7,13-14,16-17H2,1-3H3,(H,26,29). The Morgan fingerprint density at radius 3 is 2.65 bits per heavy atom. The van der Waals surface area contributed by atoms with Gasteiger partial charge in [0.25, 0.3) is 11.6 Å². The molecule has 9 heteroatoms. The van der Waals surface area contributed by atoms with Crippen LogP contribution in [0.25, 0.3) is 0 Å². The number of nitro groups is 1. The van der Waals surface area contributed by atoms with Crippen LogP contribution in [0.4, 0.5) is 10.5 Å². The Labute approximate surface area is 199 Å². The highest BCUT2D eigenvalue weighted by Gasteiger charge is 2.29. The van der Waals surface area contributed by atoms with Crippen molar-refractivity contribution in [1.29, 1.82) is 0 Å². The van der Waals surface area contributed by atoms with Crippen molar-refractivity contribution in [2.45, 2.75) is 51.7 Å². The zero-order valence-electron chi connectivity index (χ0n) is 19.8. The summed E-state index contributed by atoms with van der Waals surface area (Å²) in [6.07, 6.45) is 1.47. The number of nitrogens with zero attached hydrogens (tertiary/aromatic N) is 2. The average Bonchev–Trinajstić information content (AvgIpc) is 3.19. The molecule has 1 aliphatic rings. The molecule has 2 amide bonds. The lowest BCUT2D eigenvalue weighted by molar-refractivity contribution is -0.384. The van der Waals surface area contributed by atoms with Crippen LogP contribution >= 0.6 is 0 Å². The van der Waals surface area contributed by atoms with Crippen LogP contribution in [0.3, 0.4) is 0 Å².